The molecule has 5 heteroatoms. The molecule has 1 aromatic rings. The molecule has 0 bridgehead atoms. The Morgan fingerprint density at radius 3 is 2.36 bits per heavy atom. The van der Waals surface area contributed by atoms with Crippen molar-refractivity contribution in [2.75, 3.05) is 14.2 Å². The first-order valence-electron chi connectivity index (χ1n) is 10.1. The van der Waals surface area contributed by atoms with Crippen molar-refractivity contribution in [2.45, 2.75) is 53.6 Å². The van der Waals surface area contributed by atoms with Crippen LogP contribution in [0, 0.1) is 29.1 Å². The number of carbonyl (C=O) groups is 2. The summed E-state index contributed by atoms with van der Waals surface area (Å²) in [5.74, 6) is 1.15. The average molecular weight is 389 g/mol. The normalized spacial score (nSPS) is 27.6. The second-order valence-electron chi connectivity index (χ2n) is 9.15. The molecule has 1 aliphatic carbocycles. The van der Waals surface area contributed by atoms with Crippen molar-refractivity contribution in [2.24, 2.45) is 29.1 Å². The number of ether oxygens (including phenoxy) is 3. The molecule has 0 N–H and O–H groups in total. The summed E-state index contributed by atoms with van der Waals surface area (Å²) in [5, 5.41) is 0. The number of carbonyl (C=O) groups excluding carboxylic acids is 2. The molecule has 1 aromatic carbocycles. The third-order valence-electron chi connectivity index (χ3n) is 7.26. The monoisotopic (exact) mass is 388 g/mol. The fraction of sp³-hybridized carbons (Fsp3) is 0.652. The minimum atomic E-state index is -0.553. The Labute approximate surface area is 167 Å². The highest BCUT2D eigenvalue weighted by atomic mass is 16.6. The predicted molar refractivity (Wildman–Crippen MR) is 107 cm³/mol. The first-order valence-corrected chi connectivity index (χ1v) is 10.1. The zero-order valence-electron chi connectivity index (χ0n) is 18.0. The van der Waals surface area contributed by atoms with Crippen LogP contribution in [0.3, 0.4) is 0 Å². The van der Waals surface area contributed by atoms with Crippen LogP contribution in [0.25, 0.3) is 0 Å². The van der Waals surface area contributed by atoms with Gasteiger partial charge in [0.25, 0.3) is 0 Å². The first-order chi connectivity index (χ1) is 13.1. The van der Waals surface area contributed by atoms with Gasteiger partial charge in [0, 0.05) is 11.5 Å². The number of ketones is 1. The van der Waals surface area contributed by atoms with Gasteiger partial charge in [-0.2, -0.15) is 0 Å². The number of Topliss-reactive ketones (excluding diaryl/α,β-unsaturated/α-hetero) is 1. The molecule has 2 aliphatic rings. The molecule has 28 heavy (non-hydrogen) atoms. The predicted octanol–water partition coefficient (Wildman–Crippen LogP) is 4.83. The van der Waals surface area contributed by atoms with Crippen LogP contribution in [0.4, 0.5) is 0 Å². The fourth-order valence-electron chi connectivity index (χ4n) is 4.71. The molecule has 5 nitrogen and oxygen atoms in total. The SMILES string of the molecule is COc1ccc2c(c1OC)C(=O)O[C@H]2[C@H]1C[C@H](C(C)(C)C(C)C)C[C@H](C)C1=O. The molecule has 1 fully saturated rings. The summed E-state index contributed by atoms with van der Waals surface area (Å²) < 4.78 is 16.5. The van der Waals surface area contributed by atoms with Crippen molar-refractivity contribution < 1.29 is 23.8 Å². The van der Waals surface area contributed by atoms with Gasteiger partial charge in [-0.05, 0) is 36.2 Å². The summed E-state index contributed by atoms with van der Waals surface area (Å²) in [6, 6.07) is 3.61. The number of benzene rings is 1. The molecule has 3 rings (SSSR count). The topological polar surface area (TPSA) is 61.8 Å². The van der Waals surface area contributed by atoms with Crippen LogP contribution in [0.5, 0.6) is 11.5 Å². The largest absolute Gasteiger partial charge is 0.493 e. The quantitative estimate of drug-likeness (QED) is 0.676. The number of esters is 1. The van der Waals surface area contributed by atoms with E-state index < -0.39 is 12.1 Å². The Hall–Kier alpha value is -2.04. The van der Waals surface area contributed by atoms with Gasteiger partial charge in [0.15, 0.2) is 11.5 Å². The number of methoxy groups -OCH3 is 2. The molecular formula is C23H32O5. The summed E-state index contributed by atoms with van der Waals surface area (Å²) in [4.78, 5) is 25.8. The third kappa shape index (κ3) is 3.19. The van der Waals surface area contributed by atoms with E-state index >= 15 is 0 Å². The minimum Gasteiger partial charge on any atom is -0.493 e. The van der Waals surface area contributed by atoms with Crippen LogP contribution in [-0.2, 0) is 9.53 Å². The Morgan fingerprint density at radius 1 is 1.11 bits per heavy atom. The molecule has 154 valence electrons. The van der Waals surface area contributed by atoms with E-state index in [1.54, 1.807) is 6.07 Å². The van der Waals surface area contributed by atoms with E-state index in [0.29, 0.717) is 28.9 Å². The maximum Gasteiger partial charge on any atom is 0.343 e. The maximum absolute atomic E-state index is 13.1. The summed E-state index contributed by atoms with van der Waals surface area (Å²) in [7, 11) is 3.04. The number of fused-ring (bicyclic) bond motifs is 1. The summed E-state index contributed by atoms with van der Waals surface area (Å²) in [6.45, 7) is 11.0. The van der Waals surface area contributed by atoms with Gasteiger partial charge in [0.2, 0.25) is 0 Å². The molecule has 0 radical (unpaired) electrons. The smallest absolute Gasteiger partial charge is 0.343 e. The standard InChI is InChI=1S/C23H32O5/c1-12(2)23(4,5)14-10-13(3)19(24)16(11-14)20-15-8-9-17(26-6)21(27-7)18(15)22(25)28-20/h8-9,12-14,16,20H,10-11H2,1-7H3/t13-,14+,16-,20+/m0/s1. The van der Waals surface area contributed by atoms with Crippen LogP contribution in [0.1, 0.15) is 69.5 Å². The lowest BCUT2D eigenvalue weighted by molar-refractivity contribution is -0.136. The Balaban J connectivity index is 2.00. The molecule has 4 atom stereocenters. The Kier molecular flexibility index (Phi) is 5.48. The van der Waals surface area contributed by atoms with E-state index in [1.807, 2.05) is 13.0 Å². The molecule has 0 aromatic heterocycles. The molecule has 0 saturated heterocycles. The lowest BCUT2D eigenvalue weighted by Crippen LogP contribution is -2.42. The van der Waals surface area contributed by atoms with E-state index in [9.17, 15) is 9.59 Å². The Morgan fingerprint density at radius 2 is 1.79 bits per heavy atom. The van der Waals surface area contributed by atoms with Crippen molar-refractivity contribution >= 4 is 11.8 Å². The molecule has 1 aliphatic heterocycles. The van der Waals surface area contributed by atoms with E-state index in [4.69, 9.17) is 14.2 Å². The lowest BCUT2D eigenvalue weighted by Gasteiger charge is -2.45. The second kappa shape index (κ2) is 7.41. The van der Waals surface area contributed by atoms with Gasteiger partial charge in [-0.25, -0.2) is 4.79 Å². The highest BCUT2D eigenvalue weighted by Crippen LogP contribution is 2.52. The third-order valence-corrected chi connectivity index (χ3v) is 7.26. The van der Waals surface area contributed by atoms with Crippen molar-refractivity contribution in [3.63, 3.8) is 0 Å². The molecule has 0 unspecified atom stereocenters. The van der Waals surface area contributed by atoms with Crippen LogP contribution in [0.15, 0.2) is 12.1 Å². The molecule has 1 saturated carbocycles. The maximum atomic E-state index is 13.1. The van der Waals surface area contributed by atoms with Crippen LogP contribution in [0.2, 0.25) is 0 Å². The lowest BCUT2D eigenvalue weighted by atomic mass is 9.60. The zero-order valence-corrected chi connectivity index (χ0v) is 18.0. The van der Waals surface area contributed by atoms with Gasteiger partial charge < -0.3 is 14.2 Å². The fourth-order valence-corrected chi connectivity index (χ4v) is 4.71. The molecule has 0 amide bonds. The summed E-state index contributed by atoms with van der Waals surface area (Å²) in [6.07, 6.45) is 1.07. The van der Waals surface area contributed by atoms with Gasteiger partial charge >= 0.3 is 5.97 Å². The van der Waals surface area contributed by atoms with Crippen molar-refractivity contribution in [3.8, 4) is 11.5 Å². The second-order valence-corrected chi connectivity index (χ2v) is 9.15. The van der Waals surface area contributed by atoms with Gasteiger partial charge in [-0.1, -0.05) is 40.7 Å². The average Bonchev–Trinajstić information content (AvgIpc) is 2.99. The van der Waals surface area contributed by atoms with Gasteiger partial charge in [0.1, 0.15) is 17.5 Å². The van der Waals surface area contributed by atoms with Crippen molar-refractivity contribution in [3.05, 3.63) is 23.3 Å². The van der Waals surface area contributed by atoms with Crippen molar-refractivity contribution in [1.29, 1.82) is 0 Å². The number of hydrogen-bond acceptors (Lipinski definition) is 5. The summed E-state index contributed by atoms with van der Waals surface area (Å²) >= 11 is 0. The summed E-state index contributed by atoms with van der Waals surface area (Å²) in [5.41, 5.74) is 1.23. The van der Waals surface area contributed by atoms with Crippen LogP contribution < -0.4 is 9.47 Å². The first kappa shape index (κ1) is 20.7. The van der Waals surface area contributed by atoms with Gasteiger partial charge in [-0.3, -0.25) is 4.79 Å². The molecular weight excluding hydrogens is 356 g/mol. The van der Waals surface area contributed by atoms with E-state index in [1.165, 1.54) is 14.2 Å². The number of hydrogen-bond donors (Lipinski definition) is 0. The number of rotatable bonds is 5. The van der Waals surface area contributed by atoms with Gasteiger partial charge in [0.05, 0.1) is 20.1 Å². The van der Waals surface area contributed by atoms with Gasteiger partial charge in [-0.15, -0.1) is 0 Å². The minimum absolute atomic E-state index is 0.0373. The van der Waals surface area contributed by atoms with Crippen molar-refractivity contribution in [1.82, 2.24) is 0 Å². The van der Waals surface area contributed by atoms with E-state index in [0.717, 1.165) is 18.4 Å². The highest BCUT2D eigenvalue weighted by Gasteiger charge is 2.49. The zero-order chi connectivity index (χ0) is 20.8. The number of cyclic esters (lactones) is 1. The highest BCUT2D eigenvalue weighted by molar-refractivity contribution is 5.99. The Bertz CT molecular complexity index is 779. The van der Waals surface area contributed by atoms with E-state index in [2.05, 4.69) is 27.7 Å². The van der Waals surface area contributed by atoms with E-state index in [-0.39, 0.29) is 23.0 Å². The molecule has 1 heterocycles. The molecule has 0 spiro atoms. The van der Waals surface area contributed by atoms with Crippen LogP contribution >= 0.6 is 0 Å². The van der Waals surface area contributed by atoms with Crippen LogP contribution in [-0.4, -0.2) is 26.0 Å².